The minimum Gasteiger partial charge on any atom is -0.376 e. The van der Waals surface area contributed by atoms with Gasteiger partial charge in [0, 0.05) is 6.04 Å². The van der Waals surface area contributed by atoms with Gasteiger partial charge >= 0.3 is 5.69 Å². The van der Waals surface area contributed by atoms with Crippen LogP contribution in [0.1, 0.15) is 19.3 Å². The molecular formula is C13H13N3O2S. The van der Waals surface area contributed by atoms with Gasteiger partial charge in [-0.05, 0) is 31.4 Å². The molecule has 1 aliphatic carbocycles. The number of rotatable bonds is 3. The summed E-state index contributed by atoms with van der Waals surface area (Å²) in [6.45, 7) is 0. The largest absolute Gasteiger partial charge is 0.376 e. The number of nitro groups is 1. The number of anilines is 1. The van der Waals surface area contributed by atoms with Crippen LogP contribution >= 0.6 is 11.3 Å². The van der Waals surface area contributed by atoms with E-state index in [0.717, 1.165) is 24.0 Å². The minimum atomic E-state index is -0.344. The zero-order chi connectivity index (χ0) is 13.2. The summed E-state index contributed by atoms with van der Waals surface area (Å²) in [5.41, 5.74) is 2.79. The molecule has 0 fully saturated rings. The topological polar surface area (TPSA) is 68.1 Å². The van der Waals surface area contributed by atoms with Crippen LogP contribution in [-0.4, -0.2) is 15.9 Å². The van der Waals surface area contributed by atoms with Crippen molar-refractivity contribution in [3.63, 3.8) is 0 Å². The van der Waals surface area contributed by atoms with Crippen LogP contribution in [0.25, 0.3) is 10.2 Å². The molecule has 1 unspecified atom stereocenters. The Morgan fingerprint density at radius 1 is 1.42 bits per heavy atom. The van der Waals surface area contributed by atoms with Gasteiger partial charge in [0.25, 0.3) is 0 Å². The Kier molecular flexibility index (Phi) is 3.16. The second kappa shape index (κ2) is 4.97. The number of nitro benzene ring substituents is 1. The normalized spacial score (nSPS) is 18.6. The molecule has 0 amide bonds. The van der Waals surface area contributed by atoms with Crippen molar-refractivity contribution in [3.05, 3.63) is 39.9 Å². The van der Waals surface area contributed by atoms with E-state index in [1.807, 2.05) is 6.07 Å². The molecule has 5 nitrogen and oxygen atoms in total. The van der Waals surface area contributed by atoms with Crippen molar-refractivity contribution in [1.29, 1.82) is 0 Å². The Balaban J connectivity index is 1.99. The van der Waals surface area contributed by atoms with Crippen molar-refractivity contribution in [2.24, 2.45) is 0 Å². The predicted octanol–water partition coefficient (Wildman–Crippen LogP) is 3.73. The molecule has 0 saturated heterocycles. The number of aromatic nitrogens is 1. The van der Waals surface area contributed by atoms with E-state index in [9.17, 15) is 10.1 Å². The molecular weight excluding hydrogens is 262 g/mol. The van der Waals surface area contributed by atoms with Gasteiger partial charge in [0.2, 0.25) is 0 Å². The quantitative estimate of drug-likeness (QED) is 0.526. The lowest BCUT2D eigenvalue weighted by Gasteiger charge is -2.20. The maximum Gasteiger partial charge on any atom is 0.319 e. The van der Waals surface area contributed by atoms with Gasteiger partial charge in [0.05, 0.1) is 15.1 Å². The third-order valence-electron chi connectivity index (χ3n) is 3.29. The molecule has 0 aliphatic heterocycles. The Morgan fingerprint density at radius 3 is 3.05 bits per heavy atom. The molecule has 98 valence electrons. The number of allylic oxidation sites excluding steroid dienone is 1. The number of fused-ring (bicyclic) bond motifs is 1. The summed E-state index contributed by atoms with van der Waals surface area (Å²) in [5, 5.41) is 14.6. The Hall–Kier alpha value is -1.95. The SMILES string of the molecule is O=[N+]([O-])c1c(NC2CC=CCC2)ccc2scnc12. The van der Waals surface area contributed by atoms with Crippen molar-refractivity contribution >= 4 is 32.9 Å². The number of nitrogens with one attached hydrogen (secondary N) is 1. The molecule has 0 saturated carbocycles. The van der Waals surface area contributed by atoms with Gasteiger partial charge in [0.15, 0.2) is 5.52 Å². The lowest BCUT2D eigenvalue weighted by molar-refractivity contribution is -0.382. The summed E-state index contributed by atoms with van der Waals surface area (Å²) in [4.78, 5) is 15.1. The summed E-state index contributed by atoms with van der Waals surface area (Å²) in [7, 11) is 0. The minimum absolute atomic E-state index is 0.0910. The third-order valence-corrected chi connectivity index (χ3v) is 4.08. The van der Waals surface area contributed by atoms with Crippen LogP contribution in [0.15, 0.2) is 29.8 Å². The molecule has 1 N–H and O–H groups in total. The van der Waals surface area contributed by atoms with Crippen LogP contribution in [0.4, 0.5) is 11.4 Å². The maximum absolute atomic E-state index is 11.3. The summed E-state index contributed by atoms with van der Waals surface area (Å²) in [5.74, 6) is 0. The van der Waals surface area contributed by atoms with E-state index in [1.54, 1.807) is 11.6 Å². The first-order valence-electron chi connectivity index (χ1n) is 6.18. The standard InChI is InChI=1S/C13H13N3O2S/c17-16(18)13-10(15-9-4-2-1-3-5-9)6-7-11-12(13)14-8-19-11/h1-2,6-9,15H,3-5H2. The fourth-order valence-electron chi connectivity index (χ4n) is 2.36. The number of hydrogen-bond donors (Lipinski definition) is 1. The molecule has 2 aromatic rings. The van der Waals surface area contributed by atoms with Crippen LogP contribution in [0.3, 0.4) is 0 Å². The van der Waals surface area contributed by atoms with Gasteiger partial charge in [-0.25, -0.2) is 4.98 Å². The first kappa shape index (κ1) is 12.1. The van der Waals surface area contributed by atoms with Crippen LogP contribution in [0.5, 0.6) is 0 Å². The van der Waals surface area contributed by atoms with E-state index in [2.05, 4.69) is 22.5 Å². The average molecular weight is 275 g/mol. The molecule has 1 aliphatic rings. The number of hydrogen-bond acceptors (Lipinski definition) is 5. The first-order chi connectivity index (χ1) is 9.25. The average Bonchev–Trinajstić information content (AvgIpc) is 2.87. The Morgan fingerprint density at radius 2 is 2.32 bits per heavy atom. The predicted molar refractivity (Wildman–Crippen MR) is 76.7 cm³/mol. The second-order valence-electron chi connectivity index (χ2n) is 4.54. The van der Waals surface area contributed by atoms with Crippen LogP contribution in [0.2, 0.25) is 0 Å². The zero-order valence-electron chi connectivity index (χ0n) is 10.2. The third kappa shape index (κ3) is 2.31. The molecule has 19 heavy (non-hydrogen) atoms. The Labute approximate surface area is 114 Å². The van der Waals surface area contributed by atoms with Crippen molar-refractivity contribution in [2.45, 2.75) is 25.3 Å². The highest BCUT2D eigenvalue weighted by molar-refractivity contribution is 7.16. The molecule has 0 bridgehead atoms. The Bertz CT molecular complexity index is 650. The molecule has 3 rings (SSSR count). The van der Waals surface area contributed by atoms with E-state index in [1.165, 1.54) is 11.3 Å². The zero-order valence-corrected chi connectivity index (χ0v) is 11.0. The van der Waals surface area contributed by atoms with Crippen molar-refractivity contribution in [2.75, 3.05) is 5.32 Å². The van der Waals surface area contributed by atoms with Crippen molar-refractivity contribution < 1.29 is 4.92 Å². The molecule has 6 heteroatoms. The fraction of sp³-hybridized carbons (Fsp3) is 0.308. The van der Waals surface area contributed by atoms with Gasteiger partial charge in [-0.1, -0.05) is 12.2 Å². The van der Waals surface area contributed by atoms with E-state index < -0.39 is 0 Å². The molecule has 1 heterocycles. The van der Waals surface area contributed by atoms with E-state index >= 15 is 0 Å². The van der Waals surface area contributed by atoms with Crippen LogP contribution in [0, 0.1) is 10.1 Å². The van der Waals surface area contributed by atoms with Crippen LogP contribution in [-0.2, 0) is 0 Å². The summed E-state index contributed by atoms with van der Waals surface area (Å²) < 4.78 is 0.848. The van der Waals surface area contributed by atoms with Gasteiger partial charge in [0.1, 0.15) is 5.69 Å². The van der Waals surface area contributed by atoms with Crippen molar-refractivity contribution in [1.82, 2.24) is 4.98 Å². The summed E-state index contributed by atoms with van der Waals surface area (Å²) in [6.07, 6.45) is 7.20. The first-order valence-corrected chi connectivity index (χ1v) is 7.06. The van der Waals surface area contributed by atoms with E-state index in [0.29, 0.717) is 11.2 Å². The van der Waals surface area contributed by atoms with Gasteiger partial charge in [-0.2, -0.15) is 0 Å². The fourth-order valence-corrected chi connectivity index (χ4v) is 3.04. The van der Waals surface area contributed by atoms with E-state index in [-0.39, 0.29) is 16.7 Å². The maximum atomic E-state index is 11.3. The number of nitrogens with zero attached hydrogens (tertiary/aromatic N) is 2. The number of thiazole rings is 1. The second-order valence-corrected chi connectivity index (χ2v) is 5.43. The smallest absolute Gasteiger partial charge is 0.319 e. The van der Waals surface area contributed by atoms with E-state index in [4.69, 9.17) is 0 Å². The van der Waals surface area contributed by atoms with Crippen LogP contribution < -0.4 is 5.32 Å². The van der Waals surface area contributed by atoms with Gasteiger partial charge in [-0.3, -0.25) is 10.1 Å². The highest BCUT2D eigenvalue weighted by Gasteiger charge is 2.22. The highest BCUT2D eigenvalue weighted by atomic mass is 32.1. The van der Waals surface area contributed by atoms with Gasteiger partial charge in [-0.15, -0.1) is 11.3 Å². The monoisotopic (exact) mass is 275 g/mol. The molecule has 0 spiro atoms. The molecule has 1 aromatic heterocycles. The molecule has 0 radical (unpaired) electrons. The summed E-state index contributed by atoms with van der Waals surface area (Å²) >= 11 is 1.42. The summed E-state index contributed by atoms with van der Waals surface area (Å²) in [6, 6.07) is 3.94. The molecule has 1 aromatic carbocycles. The lowest BCUT2D eigenvalue weighted by Crippen LogP contribution is -2.20. The van der Waals surface area contributed by atoms with Gasteiger partial charge < -0.3 is 5.32 Å². The lowest BCUT2D eigenvalue weighted by atomic mass is 10.0. The molecule has 1 atom stereocenters. The highest BCUT2D eigenvalue weighted by Crippen LogP contribution is 2.35. The number of benzene rings is 1. The van der Waals surface area contributed by atoms with Crippen molar-refractivity contribution in [3.8, 4) is 0 Å².